The summed E-state index contributed by atoms with van der Waals surface area (Å²) in [6, 6.07) is 14.3. The van der Waals surface area contributed by atoms with Crippen molar-refractivity contribution >= 4 is 28.7 Å². The van der Waals surface area contributed by atoms with Gasteiger partial charge >= 0.3 is 0 Å². The summed E-state index contributed by atoms with van der Waals surface area (Å²) in [7, 11) is 1.70. The number of methoxy groups -OCH3 is 1. The Morgan fingerprint density at radius 2 is 1.88 bits per heavy atom. The normalized spacial score (nSPS) is 16.4. The summed E-state index contributed by atoms with van der Waals surface area (Å²) in [6.45, 7) is 2.99. The van der Waals surface area contributed by atoms with Gasteiger partial charge in [0.2, 0.25) is 0 Å². The summed E-state index contributed by atoms with van der Waals surface area (Å²) < 4.78 is 5.50. The van der Waals surface area contributed by atoms with Crippen LogP contribution in [0.1, 0.15) is 30.9 Å². The second-order valence-corrected chi connectivity index (χ2v) is 6.92. The molecule has 2 aliphatic heterocycles. The number of fused-ring (bicyclic) bond motifs is 3. The van der Waals surface area contributed by atoms with Crippen molar-refractivity contribution in [1.82, 2.24) is 0 Å². The van der Waals surface area contributed by atoms with Crippen LogP contribution in [0.25, 0.3) is 5.57 Å². The molecule has 0 amide bonds. The molecule has 26 heavy (non-hydrogen) atoms. The fraction of sp³-hybridized carbons (Fsp3) is 0.227. The van der Waals surface area contributed by atoms with Crippen LogP contribution in [0, 0.1) is 0 Å². The Morgan fingerprint density at radius 3 is 2.65 bits per heavy atom. The van der Waals surface area contributed by atoms with Crippen LogP contribution in [0.15, 0.2) is 65.3 Å². The van der Waals surface area contributed by atoms with Crippen LogP contribution in [-0.4, -0.2) is 19.5 Å². The third-order valence-corrected chi connectivity index (χ3v) is 5.10. The van der Waals surface area contributed by atoms with E-state index in [1.165, 1.54) is 11.3 Å². The van der Waals surface area contributed by atoms with Gasteiger partial charge in [-0.3, -0.25) is 4.99 Å². The summed E-state index contributed by atoms with van der Waals surface area (Å²) in [4.78, 5) is 7.11. The minimum atomic E-state index is 0.742. The van der Waals surface area contributed by atoms with Crippen LogP contribution in [-0.2, 0) is 0 Å². The van der Waals surface area contributed by atoms with Gasteiger partial charge < -0.3 is 9.64 Å². The largest absolute Gasteiger partial charge is 0.497 e. The Bertz CT molecular complexity index is 926. The minimum Gasteiger partial charge on any atom is -0.497 e. The summed E-state index contributed by atoms with van der Waals surface area (Å²) >= 11 is 6.09. The molecule has 0 spiro atoms. The molecule has 0 saturated carbocycles. The van der Waals surface area contributed by atoms with E-state index in [0.717, 1.165) is 52.8 Å². The van der Waals surface area contributed by atoms with Gasteiger partial charge in [-0.15, -0.1) is 0 Å². The molecule has 2 aromatic carbocycles. The molecule has 2 heterocycles. The number of anilines is 1. The first-order chi connectivity index (χ1) is 12.7. The van der Waals surface area contributed by atoms with Crippen molar-refractivity contribution in [3.8, 4) is 5.75 Å². The molecule has 0 aromatic heterocycles. The number of ether oxygens (including phenoxy) is 1. The van der Waals surface area contributed by atoms with Crippen molar-refractivity contribution in [2.75, 3.05) is 18.6 Å². The predicted octanol–water partition coefficient (Wildman–Crippen LogP) is 5.70. The molecule has 0 atom stereocenters. The number of amidine groups is 1. The van der Waals surface area contributed by atoms with E-state index in [1.807, 2.05) is 18.2 Å². The van der Waals surface area contributed by atoms with E-state index in [0.29, 0.717) is 0 Å². The SMILES string of the molecule is COc1ccc2c(c1)C(c1ccc(Cl)cc1)=CCC1=NCCC=C(C)N12. The van der Waals surface area contributed by atoms with Crippen LogP contribution >= 0.6 is 11.6 Å². The van der Waals surface area contributed by atoms with Gasteiger partial charge in [0.15, 0.2) is 0 Å². The highest BCUT2D eigenvalue weighted by Gasteiger charge is 2.25. The van der Waals surface area contributed by atoms with Gasteiger partial charge in [-0.25, -0.2) is 0 Å². The molecule has 0 radical (unpaired) electrons. The molecule has 0 N–H and O–H groups in total. The average molecular weight is 365 g/mol. The Morgan fingerprint density at radius 1 is 1.08 bits per heavy atom. The Balaban J connectivity index is 1.94. The average Bonchev–Trinajstić information content (AvgIpc) is 2.93. The van der Waals surface area contributed by atoms with Gasteiger partial charge in [0.25, 0.3) is 0 Å². The highest BCUT2D eigenvalue weighted by Crippen LogP contribution is 2.39. The lowest BCUT2D eigenvalue weighted by Gasteiger charge is -2.27. The molecule has 3 nitrogen and oxygen atoms in total. The standard InChI is InChI=1S/C22H21ClN2O/c1-15-4-3-13-24-22-12-10-19(16-5-7-17(23)8-6-16)20-14-18(26-2)9-11-21(20)25(15)22/h4-11,14H,3,12-13H2,1-2H3. The summed E-state index contributed by atoms with van der Waals surface area (Å²) in [6.07, 6.45) is 6.29. The van der Waals surface area contributed by atoms with E-state index in [9.17, 15) is 0 Å². The monoisotopic (exact) mass is 364 g/mol. The Hall–Kier alpha value is -2.52. The van der Waals surface area contributed by atoms with E-state index in [2.05, 4.69) is 48.2 Å². The zero-order valence-electron chi connectivity index (χ0n) is 15.0. The van der Waals surface area contributed by atoms with Crippen LogP contribution < -0.4 is 9.64 Å². The van der Waals surface area contributed by atoms with E-state index < -0.39 is 0 Å². The second kappa shape index (κ2) is 7.00. The number of hydrogen-bond donors (Lipinski definition) is 0. The predicted molar refractivity (Wildman–Crippen MR) is 109 cm³/mol. The van der Waals surface area contributed by atoms with E-state index in [1.54, 1.807) is 7.11 Å². The molecule has 4 heteroatoms. The smallest absolute Gasteiger partial charge is 0.119 e. The van der Waals surface area contributed by atoms with Crippen LogP contribution in [0.4, 0.5) is 5.69 Å². The summed E-state index contributed by atoms with van der Waals surface area (Å²) in [5.74, 6) is 1.94. The first kappa shape index (κ1) is 16.9. The van der Waals surface area contributed by atoms with E-state index >= 15 is 0 Å². The van der Waals surface area contributed by atoms with E-state index in [4.69, 9.17) is 21.3 Å². The Labute approximate surface area is 159 Å². The maximum atomic E-state index is 6.09. The molecule has 0 bridgehead atoms. The molecule has 132 valence electrons. The zero-order valence-corrected chi connectivity index (χ0v) is 15.8. The lowest BCUT2D eigenvalue weighted by atomic mass is 9.95. The number of aliphatic imine (C=N–C) groups is 1. The molecule has 0 unspecified atom stereocenters. The molecule has 2 aliphatic rings. The first-order valence-corrected chi connectivity index (χ1v) is 9.20. The van der Waals surface area contributed by atoms with Gasteiger partial charge in [-0.1, -0.05) is 35.9 Å². The van der Waals surface area contributed by atoms with Crippen molar-refractivity contribution in [2.45, 2.75) is 19.8 Å². The topological polar surface area (TPSA) is 24.8 Å². The molecule has 0 saturated heterocycles. The highest BCUT2D eigenvalue weighted by atomic mass is 35.5. The molecular weight excluding hydrogens is 344 g/mol. The number of benzene rings is 2. The third-order valence-electron chi connectivity index (χ3n) is 4.85. The Kier molecular flexibility index (Phi) is 4.56. The lowest BCUT2D eigenvalue weighted by molar-refractivity contribution is 0.414. The fourth-order valence-corrected chi connectivity index (χ4v) is 3.70. The second-order valence-electron chi connectivity index (χ2n) is 6.48. The first-order valence-electron chi connectivity index (χ1n) is 8.82. The molecule has 2 aromatic rings. The molecule has 0 aliphatic carbocycles. The van der Waals surface area contributed by atoms with Crippen molar-refractivity contribution in [3.05, 3.63) is 76.5 Å². The lowest BCUT2D eigenvalue weighted by Crippen LogP contribution is -2.28. The number of allylic oxidation sites excluding steroid dienone is 1. The van der Waals surface area contributed by atoms with Crippen LogP contribution in [0.5, 0.6) is 5.75 Å². The van der Waals surface area contributed by atoms with Crippen molar-refractivity contribution < 1.29 is 4.74 Å². The molecule has 4 rings (SSSR count). The zero-order chi connectivity index (χ0) is 18.1. The molecule has 0 fully saturated rings. The van der Waals surface area contributed by atoms with Crippen LogP contribution in [0.2, 0.25) is 5.02 Å². The fourth-order valence-electron chi connectivity index (χ4n) is 3.58. The van der Waals surface area contributed by atoms with Gasteiger partial charge in [0, 0.05) is 29.2 Å². The molecular formula is C22H21ClN2O. The van der Waals surface area contributed by atoms with Gasteiger partial charge in [-0.05, 0) is 54.8 Å². The number of hydrogen-bond acceptors (Lipinski definition) is 3. The maximum Gasteiger partial charge on any atom is 0.119 e. The van der Waals surface area contributed by atoms with Crippen molar-refractivity contribution in [2.24, 2.45) is 4.99 Å². The van der Waals surface area contributed by atoms with Crippen LogP contribution in [0.3, 0.4) is 0 Å². The highest BCUT2D eigenvalue weighted by molar-refractivity contribution is 6.30. The van der Waals surface area contributed by atoms with Gasteiger partial charge in [0.05, 0.1) is 12.8 Å². The van der Waals surface area contributed by atoms with Crippen molar-refractivity contribution in [1.29, 1.82) is 0 Å². The van der Waals surface area contributed by atoms with Gasteiger partial charge in [0.1, 0.15) is 11.6 Å². The number of nitrogens with zero attached hydrogens (tertiary/aromatic N) is 2. The minimum absolute atomic E-state index is 0.742. The van der Waals surface area contributed by atoms with Gasteiger partial charge in [-0.2, -0.15) is 0 Å². The number of rotatable bonds is 2. The third kappa shape index (κ3) is 3.04. The summed E-state index contributed by atoms with van der Waals surface area (Å²) in [5, 5.41) is 0.742. The summed E-state index contributed by atoms with van der Waals surface area (Å²) in [5.41, 5.74) is 5.83. The maximum absolute atomic E-state index is 6.09. The van der Waals surface area contributed by atoms with Crippen molar-refractivity contribution in [3.63, 3.8) is 0 Å². The quantitative estimate of drug-likeness (QED) is 0.683. The van der Waals surface area contributed by atoms with E-state index in [-0.39, 0.29) is 0 Å². The number of halogens is 1.